The van der Waals surface area contributed by atoms with Crippen molar-refractivity contribution in [2.24, 2.45) is 0 Å². The molecule has 25 heavy (non-hydrogen) atoms. The van der Waals surface area contributed by atoms with E-state index in [1.54, 1.807) is 13.8 Å². The Labute approximate surface area is 146 Å². The van der Waals surface area contributed by atoms with Gasteiger partial charge in [0.25, 0.3) is 5.56 Å². The summed E-state index contributed by atoms with van der Waals surface area (Å²) in [5.41, 5.74) is 3.24. The summed E-state index contributed by atoms with van der Waals surface area (Å²) in [5.74, 6) is 0.146. The maximum Gasteiger partial charge on any atom is 0.310 e. The molecule has 0 amide bonds. The topological polar surface area (TPSA) is 75.3 Å². The number of para-hydroxylation sites is 1. The normalized spacial score (nSPS) is 13.4. The van der Waals surface area contributed by atoms with Crippen LogP contribution in [0.3, 0.4) is 0 Å². The van der Waals surface area contributed by atoms with Crippen molar-refractivity contribution < 1.29 is 9.53 Å². The standard InChI is InChI=1S/C19H23N3O3/c1-13-16(19(24)21-14(2)20-13)12-18(23)25-11-10-22-9-5-7-15-6-3-4-8-17(15)22/h3-4,6,8H,5,7,9-12H2,1-2H3,(H,20,21,24). The molecule has 1 aromatic carbocycles. The summed E-state index contributed by atoms with van der Waals surface area (Å²) >= 11 is 0. The number of nitrogens with one attached hydrogen (secondary N) is 1. The van der Waals surface area contributed by atoms with E-state index < -0.39 is 5.97 Å². The van der Waals surface area contributed by atoms with E-state index in [2.05, 4.69) is 33.1 Å². The Morgan fingerprint density at radius 2 is 2.12 bits per heavy atom. The van der Waals surface area contributed by atoms with Crippen molar-refractivity contribution in [1.29, 1.82) is 0 Å². The van der Waals surface area contributed by atoms with E-state index in [0.717, 1.165) is 19.4 Å². The van der Waals surface area contributed by atoms with Crippen LogP contribution in [0.4, 0.5) is 5.69 Å². The summed E-state index contributed by atoms with van der Waals surface area (Å²) in [5, 5.41) is 0. The molecule has 1 aliphatic rings. The number of benzene rings is 1. The van der Waals surface area contributed by atoms with Gasteiger partial charge in [-0.05, 0) is 38.3 Å². The number of fused-ring (bicyclic) bond motifs is 1. The number of H-pyrrole nitrogens is 1. The summed E-state index contributed by atoms with van der Waals surface area (Å²) in [6, 6.07) is 8.34. The zero-order valence-electron chi connectivity index (χ0n) is 14.7. The van der Waals surface area contributed by atoms with Crippen LogP contribution < -0.4 is 10.5 Å². The van der Waals surface area contributed by atoms with Crippen LogP contribution in [0.2, 0.25) is 0 Å². The van der Waals surface area contributed by atoms with Gasteiger partial charge in [0.1, 0.15) is 12.4 Å². The highest BCUT2D eigenvalue weighted by atomic mass is 16.5. The lowest BCUT2D eigenvalue weighted by Gasteiger charge is -2.31. The molecule has 0 saturated heterocycles. The number of aromatic nitrogens is 2. The number of hydrogen-bond donors (Lipinski definition) is 1. The molecule has 1 aromatic heterocycles. The van der Waals surface area contributed by atoms with Gasteiger partial charge in [-0.1, -0.05) is 18.2 Å². The van der Waals surface area contributed by atoms with E-state index in [9.17, 15) is 9.59 Å². The average molecular weight is 341 g/mol. The molecule has 6 nitrogen and oxygen atoms in total. The molecule has 1 N–H and O–H groups in total. The Bertz CT molecular complexity index is 829. The predicted molar refractivity (Wildman–Crippen MR) is 96.0 cm³/mol. The second-order valence-corrected chi connectivity index (χ2v) is 6.33. The number of carbonyl (C=O) groups excluding carboxylic acids is 1. The van der Waals surface area contributed by atoms with Crippen LogP contribution in [0.25, 0.3) is 0 Å². The molecule has 132 valence electrons. The minimum absolute atomic E-state index is 0.0506. The van der Waals surface area contributed by atoms with Crippen LogP contribution in [0.1, 0.15) is 29.1 Å². The molecular weight excluding hydrogens is 318 g/mol. The van der Waals surface area contributed by atoms with Crippen molar-refractivity contribution >= 4 is 11.7 Å². The lowest BCUT2D eigenvalue weighted by atomic mass is 10.0. The first-order chi connectivity index (χ1) is 12.0. The minimum atomic E-state index is -0.399. The van der Waals surface area contributed by atoms with Crippen LogP contribution in [0.15, 0.2) is 29.1 Å². The maximum atomic E-state index is 12.1. The van der Waals surface area contributed by atoms with Gasteiger partial charge in [0.2, 0.25) is 0 Å². The Hall–Kier alpha value is -2.63. The number of carbonyl (C=O) groups is 1. The van der Waals surface area contributed by atoms with Crippen molar-refractivity contribution in [1.82, 2.24) is 9.97 Å². The molecule has 6 heteroatoms. The smallest absolute Gasteiger partial charge is 0.310 e. The summed E-state index contributed by atoms with van der Waals surface area (Å²) in [7, 11) is 0. The second-order valence-electron chi connectivity index (χ2n) is 6.33. The van der Waals surface area contributed by atoms with Gasteiger partial charge in [0.05, 0.1) is 13.0 Å². The molecule has 0 spiro atoms. The largest absolute Gasteiger partial charge is 0.464 e. The Balaban J connectivity index is 1.55. The molecular formula is C19H23N3O3. The fourth-order valence-corrected chi connectivity index (χ4v) is 3.27. The van der Waals surface area contributed by atoms with Crippen LogP contribution in [0.5, 0.6) is 0 Å². The number of aromatic amines is 1. The zero-order chi connectivity index (χ0) is 17.8. The van der Waals surface area contributed by atoms with E-state index in [1.807, 2.05) is 6.07 Å². The molecule has 2 aromatic rings. The van der Waals surface area contributed by atoms with E-state index in [1.165, 1.54) is 11.3 Å². The molecule has 0 atom stereocenters. The second kappa shape index (κ2) is 7.51. The average Bonchev–Trinajstić information content (AvgIpc) is 2.58. The van der Waals surface area contributed by atoms with E-state index in [-0.39, 0.29) is 12.0 Å². The lowest BCUT2D eigenvalue weighted by Crippen LogP contribution is -2.33. The molecule has 0 bridgehead atoms. The van der Waals surface area contributed by atoms with Gasteiger partial charge >= 0.3 is 5.97 Å². The van der Waals surface area contributed by atoms with Gasteiger partial charge in [-0.2, -0.15) is 0 Å². The van der Waals surface area contributed by atoms with Crippen molar-refractivity contribution in [3.63, 3.8) is 0 Å². The molecule has 1 aliphatic heterocycles. The minimum Gasteiger partial charge on any atom is -0.464 e. The van der Waals surface area contributed by atoms with Crippen LogP contribution in [-0.4, -0.2) is 35.6 Å². The Morgan fingerprint density at radius 1 is 1.32 bits per heavy atom. The molecule has 0 aliphatic carbocycles. The summed E-state index contributed by atoms with van der Waals surface area (Å²) in [6.45, 7) is 5.38. The number of hydrogen-bond acceptors (Lipinski definition) is 5. The number of aryl methyl sites for hydroxylation is 3. The number of ether oxygens (including phenoxy) is 1. The quantitative estimate of drug-likeness (QED) is 0.841. The summed E-state index contributed by atoms with van der Waals surface area (Å²) < 4.78 is 5.34. The molecule has 0 saturated carbocycles. The fourth-order valence-electron chi connectivity index (χ4n) is 3.27. The third-order valence-electron chi connectivity index (χ3n) is 4.49. The highest BCUT2D eigenvalue weighted by Gasteiger charge is 2.17. The lowest BCUT2D eigenvalue weighted by molar-refractivity contribution is -0.142. The molecule has 0 radical (unpaired) electrons. The van der Waals surface area contributed by atoms with E-state index >= 15 is 0 Å². The van der Waals surface area contributed by atoms with E-state index in [4.69, 9.17) is 4.74 Å². The first-order valence-corrected chi connectivity index (χ1v) is 8.59. The first kappa shape index (κ1) is 17.2. The highest BCUT2D eigenvalue weighted by Crippen LogP contribution is 2.26. The van der Waals surface area contributed by atoms with Gasteiger partial charge in [-0.25, -0.2) is 4.98 Å². The van der Waals surface area contributed by atoms with Crippen molar-refractivity contribution in [3.05, 3.63) is 57.3 Å². The predicted octanol–water partition coefficient (Wildman–Crippen LogP) is 1.93. The van der Waals surface area contributed by atoms with Crippen molar-refractivity contribution in [2.45, 2.75) is 33.1 Å². The van der Waals surface area contributed by atoms with Crippen molar-refractivity contribution in [2.75, 3.05) is 24.6 Å². The number of nitrogens with zero attached hydrogens (tertiary/aromatic N) is 2. The third kappa shape index (κ3) is 4.07. The van der Waals surface area contributed by atoms with Gasteiger partial charge in [-0.15, -0.1) is 0 Å². The van der Waals surface area contributed by atoms with Crippen LogP contribution in [0, 0.1) is 13.8 Å². The van der Waals surface area contributed by atoms with Gasteiger partial charge in [0.15, 0.2) is 0 Å². The highest BCUT2D eigenvalue weighted by molar-refractivity contribution is 5.72. The number of rotatable bonds is 5. The number of esters is 1. The Morgan fingerprint density at radius 3 is 2.92 bits per heavy atom. The fraction of sp³-hybridized carbons (Fsp3) is 0.421. The monoisotopic (exact) mass is 341 g/mol. The molecule has 2 heterocycles. The van der Waals surface area contributed by atoms with Gasteiger partial charge in [-0.3, -0.25) is 9.59 Å². The molecule has 0 fully saturated rings. The number of anilines is 1. The van der Waals surface area contributed by atoms with Gasteiger partial charge in [0, 0.05) is 23.5 Å². The third-order valence-corrected chi connectivity index (χ3v) is 4.49. The first-order valence-electron chi connectivity index (χ1n) is 8.59. The summed E-state index contributed by atoms with van der Waals surface area (Å²) in [6.07, 6.45) is 2.15. The maximum absolute atomic E-state index is 12.1. The zero-order valence-corrected chi connectivity index (χ0v) is 14.7. The summed E-state index contributed by atoms with van der Waals surface area (Å²) in [4.78, 5) is 33.1. The van der Waals surface area contributed by atoms with Crippen molar-refractivity contribution in [3.8, 4) is 0 Å². The SMILES string of the molecule is Cc1nc(C)c(CC(=O)OCCN2CCCc3ccccc32)c(=O)[nH]1. The molecule has 0 unspecified atom stereocenters. The molecule has 3 rings (SSSR count). The van der Waals surface area contributed by atoms with Gasteiger partial charge < -0.3 is 14.6 Å². The Kier molecular flexibility index (Phi) is 5.16. The van der Waals surface area contributed by atoms with E-state index in [0.29, 0.717) is 30.2 Å². The van der Waals surface area contributed by atoms with Crippen LogP contribution >= 0.6 is 0 Å². The van der Waals surface area contributed by atoms with Crippen LogP contribution in [-0.2, 0) is 22.4 Å².